The van der Waals surface area contributed by atoms with Gasteiger partial charge in [-0.1, -0.05) is 22.9 Å². The number of halogens is 1. The van der Waals surface area contributed by atoms with Gasteiger partial charge in [0.1, 0.15) is 5.65 Å². The van der Waals surface area contributed by atoms with E-state index in [1.165, 1.54) is 0 Å². The maximum atomic E-state index is 11.9. The highest BCUT2D eigenvalue weighted by Gasteiger charge is 2.08. The average molecular weight is 351 g/mol. The van der Waals surface area contributed by atoms with E-state index in [0.29, 0.717) is 18.1 Å². The minimum absolute atomic E-state index is 0.0347. The number of thiazole rings is 1. The molecular formula is C15H15ClN4O2S. The number of amides is 1. The lowest BCUT2D eigenvalue weighted by molar-refractivity contribution is -0.121. The molecule has 0 saturated carbocycles. The molecule has 0 unspecified atom stereocenters. The number of aromatic nitrogens is 3. The molecule has 0 spiro atoms. The van der Waals surface area contributed by atoms with Gasteiger partial charge in [0.05, 0.1) is 17.3 Å². The predicted octanol–water partition coefficient (Wildman–Crippen LogP) is 2.23. The zero-order valence-electron chi connectivity index (χ0n) is 12.5. The van der Waals surface area contributed by atoms with Crippen molar-refractivity contribution in [3.8, 4) is 0 Å². The summed E-state index contributed by atoms with van der Waals surface area (Å²) in [5.41, 5.74) is 2.41. The van der Waals surface area contributed by atoms with Gasteiger partial charge in [-0.3, -0.25) is 9.59 Å². The average Bonchev–Trinajstić information content (AvgIpc) is 3.06. The Balaban J connectivity index is 1.56. The van der Waals surface area contributed by atoms with Crippen molar-refractivity contribution >= 4 is 34.5 Å². The third kappa shape index (κ3) is 3.62. The van der Waals surface area contributed by atoms with E-state index in [4.69, 9.17) is 11.6 Å². The zero-order valence-corrected chi connectivity index (χ0v) is 14.0. The summed E-state index contributed by atoms with van der Waals surface area (Å²) in [7, 11) is 0. The SMILES string of the molecule is Cc1csc(=O)n1CCC(=O)NCc1cn2cc(Cl)ccc2n1. The van der Waals surface area contributed by atoms with Crippen LogP contribution in [-0.4, -0.2) is 19.9 Å². The Morgan fingerprint density at radius 2 is 2.22 bits per heavy atom. The van der Waals surface area contributed by atoms with E-state index >= 15 is 0 Å². The van der Waals surface area contributed by atoms with Gasteiger partial charge < -0.3 is 14.3 Å². The molecule has 0 aliphatic heterocycles. The van der Waals surface area contributed by atoms with E-state index in [-0.39, 0.29) is 17.2 Å². The fraction of sp³-hybridized carbons (Fsp3) is 0.267. The third-order valence-corrected chi connectivity index (χ3v) is 4.57. The van der Waals surface area contributed by atoms with Crippen molar-refractivity contribution in [2.75, 3.05) is 0 Å². The number of pyridine rings is 1. The van der Waals surface area contributed by atoms with E-state index in [0.717, 1.165) is 28.4 Å². The van der Waals surface area contributed by atoms with Gasteiger partial charge in [0.2, 0.25) is 5.91 Å². The minimum atomic E-state index is -0.113. The van der Waals surface area contributed by atoms with Crippen molar-refractivity contribution in [1.82, 2.24) is 19.3 Å². The molecule has 0 aliphatic carbocycles. The van der Waals surface area contributed by atoms with Crippen LogP contribution in [0.25, 0.3) is 5.65 Å². The molecule has 0 fully saturated rings. The van der Waals surface area contributed by atoms with Crippen LogP contribution >= 0.6 is 22.9 Å². The number of fused-ring (bicyclic) bond motifs is 1. The molecule has 0 aromatic carbocycles. The lowest BCUT2D eigenvalue weighted by atomic mass is 10.3. The largest absolute Gasteiger partial charge is 0.350 e. The van der Waals surface area contributed by atoms with Gasteiger partial charge in [0.15, 0.2) is 0 Å². The fourth-order valence-electron chi connectivity index (χ4n) is 2.27. The number of imidazole rings is 1. The molecule has 3 heterocycles. The van der Waals surface area contributed by atoms with Crippen LogP contribution < -0.4 is 10.2 Å². The van der Waals surface area contributed by atoms with Crippen molar-refractivity contribution in [3.05, 3.63) is 56.0 Å². The first-order chi connectivity index (χ1) is 11.0. The van der Waals surface area contributed by atoms with Gasteiger partial charge in [-0.05, 0) is 19.1 Å². The number of hydrogen-bond donors (Lipinski definition) is 1. The first kappa shape index (κ1) is 15.8. The van der Waals surface area contributed by atoms with Crippen LogP contribution in [0.4, 0.5) is 0 Å². The third-order valence-electron chi connectivity index (χ3n) is 3.47. The Morgan fingerprint density at radius 1 is 1.39 bits per heavy atom. The molecule has 23 heavy (non-hydrogen) atoms. The Bertz CT molecular complexity index is 912. The van der Waals surface area contributed by atoms with Gasteiger partial charge in [-0.2, -0.15) is 0 Å². The molecule has 3 aromatic heterocycles. The second kappa shape index (κ2) is 6.55. The van der Waals surface area contributed by atoms with E-state index in [1.54, 1.807) is 22.2 Å². The molecule has 0 saturated heterocycles. The quantitative estimate of drug-likeness (QED) is 0.767. The summed E-state index contributed by atoms with van der Waals surface area (Å²) in [5, 5.41) is 5.24. The van der Waals surface area contributed by atoms with Gasteiger partial charge in [-0.15, -0.1) is 0 Å². The number of rotatable bonds is 5. The van der Waals surface area contributed by atoms with Crippen molar-refractivity contribution in [3.63, 3.8) is 0 Å². The van der Waals surface area contributed by atoms with Crippen LogP contribution in [0, 0.1) is 6.92 Å². The molecule has 0 radical (unpaired) electrons. The molecule has 0 aliphatic rings. The summed E-state index contributed by atoms with van der Waals surface area (Å²) in [5.74, 6) is -0.113. The normalized spacial score (nSPS) is 11.0. The molecule has 1 amide bonds. The number of carbonyl (C=O) groups excluding carboxylic acids is 1. The van der Waals surface area contributed by atoms with Crippen molar-refractivity contribution in [2.45, 2.75) is 26.4 Å². The maximum Gasteiger partial charge on any atom is 0.307 e. The van der Waals surface area contributed by atoms with Crippen LogP contribution in [0.2, 0.25) is 5.02 Å². The molecule has 120 valence electrons. The van der Waals surface area contributed by atoms with Gasteiger partial charge in [0.25, 0.3) is 0 Å². The summed E-state index contributed by atoms with van der Waals surface area (Å²) in [4.78, 5) is 27.9. The highest BCUT2D eigenvalue weighted by molar-refractivity contribution is 7.07. The molecule has 3 rings (SSSR count). The molecule has 6 nitrogen and oxygen atoms in total. The van der Waals surface area contributed by atoms with Gasteiger partial charge in [0, 0.05) is 36.4 Å². The van der Waals surface area contributed by atoms with E-state index < -0.39 is 0 Å². The lowest BCUT2D eigenvalue weighted by Gasteiger charge is -2.05. The summed E-state index contributed by atoms with van der Waals surface area (Å²) in [6.07, 6.45) is 3.85. The summed E-state index contributed by atoms with van der Waals surface area (Å²) >= 11 is 7.07. The van der Waals surface area contributed by atoms with Crippen molar-refractivity contribution in [2.24, 2.45) is 0 Å². The Labute approximate surface area is 141 Å². The second-order valence-corrected chi connectivity index (χ2v) is 6.42. The summed E-state index contributed by atoms with van der Waals surface area (Å²) in [6, 6.07) is 3.59. The molecule has 0 atom stereocenters. The highest BCUT2D eigenvalue weighted by Crippen LogP contribution is 2.11. The van der Waals surface area contributed by atoms with Crippen LogP contribution in [0.3, 0.4) is 0 Å². The molecule has 8 heteroatoms. The minimum Gasteiger partial charge on any atom is -0.350 e. The number of nitrogens with one attached hydrogen (secondary N) is 1. The van der Waals surface area contributed by atoms with Crippen molar-refractivity contribution in [1.29, 1.82) is 0 Å². The molecule has 3 aromatic rings. The maximum absolute atomic E-state index is 11.9. The first-order valence-corrected chi connectivity index (χ1v) is 8.33. The van der Waals surface area contributed by atoms with Crippen LogP contribution in [0.15, 0.2) is 34.7 Å². The first-order valence-electron chi connectivity index (χ1n) is 7.08. The fourth-order valence-corrected chi connectivity index (χ4v) is 3.20. The number of carbonyl (C=O) groups is 1. The molecular weight excluding hydrogens is 336 g/mol. The zero-order chi connectivity index (χ0) is 16.4. The van der Waals surface area contributed by atoms with Crippen molar-refractivity contribution < 1.29 is 4.79 Å². The Morgan fingerprint density at radius 3 is 2.96 bits per heavy atom. The van der Waals surface area contributed by atoms with Crippen LogP contribution in [-0.2, 0) is 17.9 Å². The lowest BCUT2D eigenvalue weighted by Crippen LogP contribution is -2.26. The standard InChI is InChI=1S/C15H15ClN4O2S/c1-10-9-23-15(22)20(10)5-4-14(21)17-6-12-8-19-7-11(16)2-3-13(19)18-12/h2-3,7-9H,4-6H2,1H3,(H,17,21). The van der Waals surface area contributed by atoms with Gasteiger partial charge in [-0.25, -0.2) is 4.98 Å². The second-order valence-electron chi connectivity index (χ2n) is 5.17. The van der Waals surface area contributed by atoms with E-state index in [2.05, 4.69) is 10.3 Å². The Hall–Kier alpha value is -2.12. The summed E-state index contributed by atoms with van der Waals surface area (Å²) in [6.45, 7) is 2.59. The van der Waals surface area contributed by atoms with Gasteiger partial charge >= 0.3 is 4.87 Å². The molecule has 0 bridgehead atoms. The number of hydrogen-bond acceptors (Lipinski definition) is 4. The van der Waals surface area contributed by atoms with E-state index in [1.807, 2.05) is 23.6 Å². The smallest absolute Gasteiger partial charge is 0.307 e. The summed E-state index contributed by atoms with van der Waals surface area (Å²) < 4.78 is 3.43. The Kier molecular flexibility index (Phi) is 4.49. The van der Waals surface area contributed by atoms with Crippen LogP contribution in [0.5, 0.6) is 0 Å². The van der Waals surface area contributed by atoms with E-state index in [9.17, 15) is 9.59 Å². The topological polar surface area (TPSA) is 68.4 Å². The van der Waals surface area contributed by atoms with Crippen LogP contribution in [0.1, 0.15) is 17.8 Å². The highest BCUT2D eigenvalue weighted by atomic mass is 35.5. The number of nitrogens with zero attached hydrogens (tertiary/aromatic N) is 3. The molecule has 1 N–H and O–H groups in total. The predicted molar refractivity (Wildman–Crippen MR) is 90.0 cm³/mol. The monoisotopic (exact) mass is 350 g/mol. The number of aryl methyl sites for hydroxylation is 1.